The quantitative estimate of drug-likeness (QED) is 0.249. The van der Waals surface area contributed by atoms with E-state index < -0.39 is 11.8 Å². The first-order valence-corrected chi connectivity index (χ1v) is 8.16. The highest BCUT2D eigenvalue weighted by atomic mass is 79.9. The van der Waals surface area contributed by atoms with Crippen molar-refractivity contribution in [1.82, 2.24) is 21.1 Å². The third-order valence-electron chi connectivity index (χ3n) is 3.01. The highest BCUT2D eigenvalue weighted by molar-refractivity contribution is 9.10. The van der Waals surface area contributed by atoms with Crippen LogP contribution >= 0.6 is 15.9 Å². The lowest BCUT2D eigenvalue weighted by atomic mass is 10.3. The van der Waals surface area contributed by atoms with E-state index in [1.807, 2.05) is 12.4 Å². The predicted molar refractivity (Wildman–Crippen MR) is 91.4 cm³/mol. The predicted octanol–water partition coefficient (Wildman–Crippen LogP) is 2.95. The minimum Gasteiger partial charge on any atom is -0.338 e. The van der Waals surface area contributed by atoms with Crippen molar-refractivity contribution < 1.29 is 19.0 Å². The van der Waals surface area contributed by atoms with E-state index in [4.69, 9.17) is 0 Å². The summed E-state index contributed by atoms with van der Waals surface area (Å²) in [5.74, 6) is -0.620. The molecule has 0 atom stereocenters. The Morgan fingerprint density at radius 1 is 1.44 bits per heavy atom. The zero-order chi connectivity index (χ0) is 18.2. The molecule has 0 aliphatic heterocycles. The number of nitrogens with zero attached hydrogens (tertiary/aromatic N) is 3. The average Bonchev–Trinajstić information content (AvgIpc) is 3.04. The Morgan fingerprint density at radius 3 is 2.92 bits per heavy atom. The molecule has 0 aliphatic rings. The van der Waals surface area contributed by atoms with Gasteiger partial charge in [-0.1, -0.05) is 13.3 Å². The molecule has 134 valence electrons. The third-order valence-corrected chi connectivity index (χ3v) is 3.62. The maximum Gasteiger partial charge on any atom is 0.320 e. The molecular weight excluding hydrogens is 399 g/mol. The van der Waals surface area contributed by atoms with Crippen molar-refractivity contribution in [1.29, 1.82) is 0 Å². The van der Waals surface area contributed by atoms with Gasteiger partial charge in [0.1, 0.15) is 5.82 Å². The van der Waals surface area contributed by atoms with Crippen molar-refractivity contribution in [3.8, 4) is 0 Å². The van der Waals surface area contributed by atoms with Gasteiger partial charge in [-0.25, -0.2) is 18.8 Å². The largest absolute Gasteiger partial charge is 0.338 e. The highest BCUT2D eigenvalue weighted by Gasteiger charge is 2.18. The second-order valence-electron chi connectivity index (χ2n) is 4.87. The molecule has 0 fully saturated rings. The Balaban J connectivity index is 2.18. The van der Waals surface area contributed by atoms with E-state index in [2.05, 4.69) is 46.5 Å². The zero-order valence-electron chi connectivity index (χ0n) is 13.2. The van der Waals surface area contributed by atoms with Crippen molar-refractivity contribution in [3.63, 3.8) is 0 Å². The molecule has 0 aliphatic carbocycles. The van der Waals surface area contributed by atoms with E-state index in [1.165, 1.54) is 18.2 Å². The fourth-order valence-corrected chi connectivity index (χ4v) is 2.14. The number of nitrogens with one attached hydrogen (secondary N) is 3. The summed E-state index contributed by atoms with van der Waals surface area (Å²) in [4.78, 5) is 15.9. The standard InChI is InChI=1S/C14H16BrFN6O3/c1-2-3-6-17-14(23)19-13-11(21-25-22-13)12(20-24)18-8-4-5-10(16)9(15)7-8/h4-5,7,24H,2-3,6H2,1H3,(H,18,20)(H2,17,19,22,23). The minimum atomic E-state index is -0.493. The van der Waals surface area contributed by atoms with E-state index >= 15 is 0 Å². The molecule has 25 heavy (non-hydrogen) atoms. The number of carbonyl (C=O) groups excluding carboxylic acids is 1. The number of halogens is 2. The zero-order valence-corrected chi connectivity index (χ0v) is 14.8. The van der Waals surface area contributed by atoms with Crippen LogP contribution in [0.4, 0.5) is 20.7 Å². The molecule has 0 radical (unpaired) electrons. The van der Waals surface area contributed by atoms with Gasteiger partial charge in [0.25, 0.3) is 0 Å². The number of rotatable bonds is 6. The topological polar surface area (TPSA) is 125 Å². The van der Waals surface area contributed by atoms with Crippen molar-refractivity contribution in [2.75, 3.05) is 11.9 Å². The number of urea groups is 1. The van der Waals surface area contributed by atoms with Gasteiger partial charge >= 0.3 is 6.03 Å². The number of anilines is 1. The second kappa shape index (κ2) is 9.08. The summed E-state index contributed by atoms with van der Waals surface area (Å²) in [6, 6.07) is 3.52. The number of amides is 2. The lowest BCUT2D eigenvalue weighted by Crippen LogP contribution is -2.31. The highest BCUT2D eigenvalue weighted by Crippen LogP contribution is 2.23. The number of unbranched alkanes of at least 4 members (excludes halogenated alkanes) is 1. The van der Waals surface area contributed by atoms with Crippen LogP contribution in [0.2, 0.25) is 0 Å². The molecule has 2 amide bonds. The van der Waals surface area contributed by atoms with Crippen LogP contribution in [0.1, 0.15) is 25.5 Å². The first kappa shape index (κ1) is 18.8. The molecule has 2 rings (SSSR count). The van der Waals surface area contributed by atoms with Crippen LogP contribution in [0.25, 0.3) is 0 Å². The first-order valence-electron chi connectivity index (χ1n) is 7.36. The summed E-state index contributed by atoms with van der Waals surface area (Å²) in [5, 5.41) is 21.6. The van der Waals surface area contributed by atoms with E-state index in [9.17, 15) is 14.4 Å². The van der Waals surface area contributed by atoms with Crippen LogP contribution in [0.15, 0.2) is 32.3 Å². The van der Waals surface area contributed by atoms with Crippen LogP contribution in [0.5, 0.6) is 0 Å². The van der Waals surface area contributed by atoms with Crippen molar-refractivity contribution in [2.45, 2.75) is 19.8 Å². The van der Waals surface area contributed by atoms with Crippen molar-refractivity contribution in [2.24, 2.45) is 4.99 Å². The molecule has 0 saturated heterocycles. The Labute approximate surface area is 150 Å². The van der Waals surface area contributed by atoms with Crippen LogP contribution in [-0.2, 0) is 0 Å². The Hall–Kier alpha value is -2.53. The molecule has 0 spiro atoms. The SMILES string of the molecule is CCCCNC(=O)Nc1nonc1C(=Nc1ccc(F)c(Br)c1)NO. The van der Waals surface area contributed by atoms with Crippen LogP contribution in [0.3, 0.4) is 0 Å². The minimum absolute atomic E-state index is 0.0198. The molecule has 0 unspecified atom stereocenters. The lowest BCUT2D eigenvalue weighted by molar-refractivity contribution is 0.234. The number of hydrogen-bond acceptors (Lipinski definition) is 6. The monoisotopic (exact) mass is 414 g/mol. The molecule has 11 heteroatoms. The molecule has 1 aromatic heterocycles. The maximum atomic E-state index is 13.3. The lowest BCUT2D eigenvalue weighted by Gasteiger charge is -2.06. The number of hydrogen-bond donors (Lipinski definition) is 4. The summed E-state index contributed by atoms with van der Waals surface area (Å²) in [6.07, 6.45) is 1.78. The van der Waals surface area contributed by atoms with E-state index in [0.29, 0.717) is 12.2 Å². The van der Waals surface area contributed by atoms with Gasteiger partial charge in [-0.05, 0) is 50.9 Å². The molecule has 1 aromatic carbocycles. The number of benzene rings is 1. The fourth-order valence-electron chi connectivity index (χ4n) is 1.77. The molecule has 9 nitrogen and oxygen atoms in total. The Kier molecular flexibility index (Phi) is 6.83. The van der Waals surface area contributed by atoms with Gasteiger partial charge in [-0.3, -0.25) is 16.0 Å². The molecule has 0 bridgehead atoms. The smallest absolute Gasteiger partial charge is 0.320 e. The molecular formula is C14H16BrFN6O3. The fraction of sp³-hybridized carbons (Fsp3) is 0.286. The summed E-state index contributed by atoms with van der Waals surface area (Å²) >= 11 is 3.04. The maximum absolute atomic E-state index is 13.3. The summed E-state index contributed by atoms with van der Waals surface area (Å²) in [6.45, 7) is 2.51. The number of aliphatic imine (C=N–C) groups is 1. The van der Waals surface area contributed by atoms with E-state index in [-0.39, 0.29) is 21.8 Å². The molecule has 1 heterocycles. The van der Waals surface area contributed by atoms with Gasteiger partial charge in [0.2, 0.25) is 5.82 Å². The Bertz CT molecular complexity index is 767. The summed E-state index contributed by atoms with van der Waals surface area (Å²) in [7, 11) is 0. The second-order valence-corrected chi connectivity index (χ2v) is 5.72. The number of amidine groups is 1. The molecule has 0 saturated carbocycles. The van der Waals surface area contributed by atoms with Gasteiger partial charge < -0.3 is 5.32 Å². The van der Waals surface area contributed by atoms with E-state index in [1.54, 1.807) is 0 Å². The normalized spacial score (nSPS) is 11.3. The average molecular weight is 415 g/mol. The number of carbonyl (C=O) groups is 1. The number of hydroxylamine groups is 1. The van der Waals surface area contributed by atoms with E-state index in [0.717, 1.165) is 12.8 Å². The van der Waals surface area contributed by atoms with Crippen molar-refractivity contribution in [3.05, 3.63) is 34.2 Å². The first-order chi connectivity index (χ1) is 12.0. The summed E-state index contributed by atoms with van der Waals surface area (Å²) in [5.41, 5.74) is 2.17. The number of aromatic nitrogens is 2. The van der Waals surface area contributed by atoms with Crippen LogP contribution < -0.4 is 16.1 Å². The molecule has 4 N–H and O–H groups in total. The summed E-state index contributed by atoms with van der Waals surface area (Å²) < 4.78 is 18.1. The van der Waals surface area contributed by atoms with Gasteiger partial charge in [0.05, 0.1) is 10.2 Å². The van der Waals surface area contributed by atoms with Gasteiger partial charge in [0, 0.05) is 6.54 Å². The van der Waals surface area contributed by atoms with Gasteiger partial charge in [-0.15, -0.1) is 0 Å². The van der Waals surface area contributed by atoms with Gasteiger partial charge in [0.15, 0.2) is 11.5 Å². The van der Waals surface area contributed by atoms with Crippen LogP contribution in [0, 0.1) is 5.82 Å². The van der Waals surface area contributed by atoms with Crippen LogP contribution in [-0.4, -0.2) is 33.9 Å². The Morgan fingerprint density at radius 2 is 2.24 bits per heavy atom. The van der Waals surface area contributed by atoms with Crippen molar-refractivity contribution >= 4 is 39.3 Å². The van der Waals surface area contributed by atoms with Gasteiger partial charge in [-0.2, -0.15) is 0 Å². The molecule has 2 aromatic rings. The third kappa shape index (κ3) is 5.22.